The Morgan fingerprint density at radius 3 is 2.69 bits per heavy atom. The van der Waals surface area contributed by atoms with Gasteiger partial charge in [0, 0.05) is 11.6 Å². The van der Waals surface area contributed by atoms with Crippen molar-refractivity contribution in [3.63, 3.8) is 0 Å². The van der Waals surface area contributed by atoms with Crippen LogP contribution in [0.15, 0.2) is 24.3 Å². The minimum absolute atomic E-state index is 0.215. The van der Waals surface area contributed by atoms with E-state index < -0.39 is 0 Å². The molecule has 16 heavy (non-hydrogen) atoms. The zero-order chi connectivity index (χ0) is 12.0. The van der Waals surface area contributed by atoms with E-state index >= 15 is 0 Å². The molecular weight excluding hydrogens is 200 g/mol. The molecule has 0 aliphatic heterocycles. The highest BCUT2D eigenvalue weighted by molar-refractivity contribution is 5.36. The molecule has 1 rings (SSSR count). The van der Waals surface area contributed by atoms with Gasteiger partial charge in [-0.2, -0.15) is 5.26 Å². The number of nitrogens with one attached hydrogen (secondary N) is 1. The number of hydrogen-bond acceptors (Lipinski definition) is 3. The number of nitrogens with zero attached hydrogens (tertiary/aromatic N) is 1. The molecule has 0 saturated carbocycles. The molecule has 0 amide bonds. The monoisotopic (exact) mass is 218 g/mol. The van der Waals surface area contributed by atoms with E-state index in [0.29, 0.717) is 6.42 Å². The molecule has 0 radical (unpaired) electrons. The van der Waals surface area contributed by atoms with Crippen molar-refractivity contribution in [2.45, 2.75) is 32.4 Å². The Labute approximate surface area is 97.0 Å². The summed E-state index contributed by atoms with van der Waals surface area (Å²) in [5.74, 6) is 0.790. The third-order valence-corrected chi connectivity index (χ3v) is 2.60. The highest BCUT2D eigenvalue weighted by Crippen LogP contribution is 2.25. The molecule has 0 saturated heterocycles. The summed E-state index contributed by atoms with van der Waals surface area (Å²) in [5.41, 5.74) is 1.08. The van der Waals surface area contributed by atoms with Crippen molar-refractivity contribution in [1.29, 1.82) is 5.26 Å². The number of para-hydroxylation sites is 1. The molecule has 1 aromatic rings. The van der Waals surface area contributed by atoms with Crippen molar-refractivity contribution in [3.05, 3.63) is 29.8 Å². The predicted molar refractivity (Wildman–Crippen MR) is 64.2 cm³/mol. The normalized spacial score (nSPS) is 13.9. The van der Waals surface area contributed by atoms with Gasteiger partial charge in [-0.15, -0.1) is 0 Å². The van der Waals surface area contributed by atoms with Crippen LogP contribution in [0.3, 0.4) is 0 Å². The number of hydrogen-bond donors (Lipinski definition) is 1. The van der Waals surface area contributed by atoms with Gasteiger partial charge in [0.25, 0.3) is 0 Å². The van der Waals surface area contributed by atoms with Gasteiger partial charge in [0.1, 0.15) is 11.8 Å². The van der Waals surface area contributed by atoms with Gasteiger partial charge >= 0.3 is 0 Å². The molecule has 3 nitrogen and oxygen atoms in total. The zero-order valence-corrected chi connectivity index (χ0v) is 10.0. The Morgan fingerprint density at radius 2 is 2.12 bits per heavy atom. The summed E-state index contributed by atoms with van der Waals surface area (Å²) in [6.07, 6.45) is 0.323. The molecule has 1 N–H and O–H groups in total. The minimum atomic E-state index is -0.370. The second-order valence-electron chi connectivity index (χ2n) is 3.69. The highest BCUT2D eigenvalue weighted by atomic mass is 16.5. The van der Waals surface area contributed by atoms with E-state index in [2.05, 4.69) is 18.3 Å². The van der Waals surface area contributed by atoms with Crippen molar-refractivity contribution in [2.24, 2.45) is 0 Å². The SMILES string of the molecule is CCC(C#N)Oc1ccccc1C(C)NC. The van der Waals surface area contributed by atoms with Crippen molar-refractivity contribution in [1.82, 2.24) is 5.32 Å². The van der Waals surface area contributed by atoms with Gasteiger partial charge in [-0.25, -0.2) is 0 Å². The van der Waals surface area contributed by atoms with Gasteiger partial charge in [0.2, 0.25) is 0 Å². The molecule has 2 unspecified atom stereocenters. The van der Waals surface area contributed by atoms with Crippen LogP contribution >= 0.6 is 0 Å². The molecule has 0 fully saturated rings. The first-order chi connectivity index (χ1) is 7.72. The Kier molecular flexibility index (Phi) is 4.81. The first-order valence-corrected chi connectivity index (χ1v) is 5.55. The summed E-state index contributed by atoms with van der Waals surface area (Å²) in [5, 5.41) is 12.1. The van der Waals surface area contributed by atoms with E-state index in [4.69, 9.17) is 10.00 Å². The number of rotatable bonds is 5. The molecule has 86 valence electrons. The van der Waals surface area contributed by atoms with Gasteiger partial charge in [0.05, 0.1) is 0 Å². The molecule has 0 bridgehead atoms. The van der Waals surface area contributed by atoms with Crippen LogP contribution in [0.4, 0.5) is 0 Å². The molecule has 2 atom stereocenters. The largest absolute Gasteiger partial charge is 0.475 e. The Hall–Kier alpha value is -1.53. The first kappa shape index (κ1) is 12.5. The number of ether oxygens (including phenoxy) is 1. The van der Waals surface area contributed by atoms with E-state index in [-0.39, 0.29) is 12.1 Å². The fourth-order valence-corrected chi connectivity index (χ4v) is 1.46. The number of benzene rings is 1. The fourth-order valence-electron chi connectivity index (χ4n) is 1.46. The maximum absolute atomic E-state index is 8.88. The summed E-state index contributed by atoms with van der Waals surface area (Å²) in [6.45, 7) is 4.01. The van der Waals surface area contributed by atoms with Gasteiger partial charge in [-0.1, -0.05) is 25.1 Å². The lowest BCUT2D eigenvalue weighted by Crippen LogP contribution is -2.17. The predicted octanol–water partition coefficient (Wildman–Crippen LogP) is 2.65. The minimum Gasteiger partial charge on any atom is -0.475 e. The van der Waals surface area contributed by atoms with Crippen LogP contribution in [0.5, 0.6) is 5.75 Å². The lowest BCUT2D eigenvalue weighted by atomic mass is 10.1. The summed E-state index contributed by atoms with van der Waals surface area (Å²) < 4.78 is 5.67. The van der Waals surface area contributed by atoms with Crippen LogP contribution < -0.4 is 10.1 Å². The van der Waals surface area contributed by atoms with Gasteiger partial charge in [-0.3, -0.25) is 0 Å². The Morgan fingerprint density at radius 1 is 1.44 bits per heavy atom. The van der Waals surface area contributed by atoms with Crippen LogP contribution in [-0.4, -0.2) is 13.2 Å². The molecule has 1 aromatic carbocycles. The summed E-state index contributed by atoms with van der Waals surface area (Å²) in [4.78, 5) is 0. The maximum Gasteiger partial charge on any atom is 0.184 e. The van der Waals surface area contributed by atoms with Gasteiger partial charge in [-0.05, 0) is 26.5 Å². The van der Waals surface area contributed by atoms with E-state index in [1.54, 1.807) is 0 Å². The van der Waals surface area contributed by atoms with Crippen molar-refractivity contribution < 1.29 is 4.74 Å². The second-order valence-corrected chi connectivity index (χ2v) is 3.69. The van der Waals surface area contributed by atoms with Crippen molar-refractivity contribution in [2.75, 3.05) is 7.05 Å². The third-order valence-electron chi connectivity index (χ3n) is 2.60. The second kappa shape index (κ2) is 6.14. The average molecular weight is 218 g/mol. The van der Waals surface area contributed by atoms with E-state index in [1.165, 1.54) is 0 Å². The van der Waals surface area contributed by atoms with Gasteiger partial charge < -0.3 is 10.1 Å². The maximum atomic E-state index is 8.88. The topological polar surface area (TPSA) is 45.0 Å². The fraction of sp³-hybridized carbons (Fsp3) is 0.462. The lowest BCUT2D eigenvalue weighted by Gasteiger charge is -2.18. The van der Waals surface area contributed by atoms with E-state index in [9.17, 15) is 0 Å². The number of nitriles is 1. The van der Waals surface area contributed by atoms with Crippen molar-refractivity contribution >= 4 is 0 Å². The first-order valence-electron chi connectivity index (χ1n) is 5.55. The summed E-state index contributed by atoms with van der Waals surface area (Å²) >= 11 is 0. The molecule has 0 spiro atoms. The van der Waals surface area contributed by atoms with E-state index in [0.717, 1.165) is 11.3 Å². The van der Waals surface area contributed by atoms with Crippen LogP contribution in [0.25, 0.3) is 0 Å². The molecule has 0 heterocycles. The highest BCUT2D eigenvalue weighted by Gasteiger charge is 2.12. The standard InChI is InChI=1S/C13H18N2O/c1-4-11(9-14)16-13-8-6-5-7-12(13)10(2)15-3/h5-8,10-11,15H,4H2,1-3H3. The molecule has 0 aliphatic rings. The van der Waals surface area contributed by atoms with Crippen LogP contribution in [-0.2, 0) is 0 Å². The average Bonchev–Trinajstić information content (AvgIpc) is 2.35. The van der Waals surface area contributed by atoms with Crippen LogP contribution in [0.1, 0.15) is 31.9 Å². The zero-order valence-electron chi connectivity index (χ0n) is 10.0. The molecule has 0 aliphatic carbocycles. The summed E-state index contributed by atoms with van der Waals surface area (Å²) in [6, 6.07) is 10.2. The van der Waals surface area contributed by atoms with Gasteiger partial charge in [0.15, 0.2) is 6.10 Å². The smallest absolute Gasteiger partial charge is 0.184 e. The molecule has 0 aromatic heterocycles. The lowest BCUT2D eigenvalue weighted by molar-refractivity contribution is 0.247. The van der Waals surface area contributed by atoms with Crippen molar-refractivity contribution in [3.8, 4) is 11.8 Å². The molecular formula is C13H18N2O. The Bertz CT molecular complexity index is 370. The Balaban J connectivity index is 2.91. The summed E-state index contributed by atoms with van der Waals surface area (Å²) in [7, 11) is 1.91. The van der Waals surface area contributed by atoms with Crippen LogP contribution in [0.2, 0.25) is 0 Å². The van der Waals surface area contributed by atoms with E-state index in [1.807, 2.05) is 38.2 Å². The van der Waals surface area contributed by atoms with Crippen LogP contribution in [0, 0.1) is 11.3 Å². The molecule has 3 heteroatoms. The quantitative estimate of drug-likeness (QED) is 0.826. The third kappa shape index (κ3) is 2.98.